The molecule has 1 aromatic carbocycles. The number of imidazole rings is 1. The molecular formula is C14H12N4O2. The summed E-state index contributed by atoms with van der Waals surface area (Å²) < 4.78 is 6.47. The van der Waals surface area contributed by atoms with E-state index in [0.29, 0.717) is 17.2 Å². The number of amides is 1. The summed E-state index contributed by atoms with van der Waals surface area (Å²) in [5, 5.41) is 4.19. The monoisotopic (exact) mass is 268 g/mol. The summed E-state index contributed by atoms with van der Waals surface area (Å²) in [6.07, 6.45) is 0. The van der Waals surface area contributed by atoms with Gasteiger partial charge >= 0.3 is 0 Å². The number of fused-ring (bicyclic) bond motifs is 1. The molecule has 0 saturated heterocycles. The maximum atomic E-state index is 11.8. The van der Waals surface area contributed by atoms with Gasteiger partial charge in [0.2, 0.25) is 5.88 Å². The van der Waals surface area contributed by atoms with Crippen LogP contribution in [0.2, 0.25) is 0 Å². The van der Waals surface area contributed by atoms with E-state index in [2.05, 4.69) is 10.1 Å². The minimum atomic E-state index is -0.586. The zero-order valence-electron chi connectivity index (χ0n) is 10.8. The number of methoxy groups -OCH3 is 1. The van der Waals surface area contributed by atoms with Crippen molar-refractivity contribution in [2.45, 2.75) is 0 Å². The van der Waals surface area contributed by atoms with E-state index >= 15 is 0 Å². The largest absolute Gasteiger partial charge is 0.480 e. The van der Waals surface area contributed by atoms with E-state index in [-0.39, 0.29) is 5.69 Å². The van der Waals surface area contributed by atoms with Gasteiger partial charge in [-0.15, -0.1) is 5.10 Å². The van der Waals surface area contributed by atoms with Crippen molar-refractivity contribution in [1.82, 2.24) is 14.6 Å². The maximum absolute atomic E-state index is 11.8. The Morgan fingerprint density at radius 2 is 1.95 bits per heavy atom. The first-order chi connectivity index (χ1) is 9.70. The average molecular weight is 268 g/mol. The van der Waals surface area contributed by atoms with Crippen LogP contribution in [0.1, 0.15) is 10.5 Å². The Morgan fingerprint density at radius 3 is 2.60 bits per heavy atom. The summed E-state index contributed by atoms with van der Waals surface area (Å²) in [6, 6.07) is 12.8. The van der Waals surface area contributed by atoms with Crippen LogP contribution in [0.25, 0.3) is 16.9 Å². The number of benzene rings is 1. The van der Waals surface area contributed by atoms with Crippen LogP contribution in [0.15, 0.2) is 42.5 Å². The van der Waals surface area contributed by atoms with Crippen LogP contribution >= 0.6 is 0 Å². The molecule has 2 heterocycles. The number of hydrogen-bond acceptors (Lipinski definition) is 4. The molecule has 2 aromatic heterocycles. The number of rotatable bonds is 3. The van der Waals surface area contributed by atoms with E-state index in [9.17, 15) is 4.79 Å². The molecule has 0 bridgehead atoms. The number of hydrogen-bond donors (Lipinski definition) is 1. The van der Waals surface area contributed by atoms with Crippen LogP contribution in [-0.4, -0.2) is 27.6 Å². The normalized spacial score (nSPS) is 10.7. The predicted octanol–water partition coefficient (Wildman–Crippen LogP) is 1.50. The van der Waals surface area contributed by atoms with Gasteiger partial charge in [0.1, 0.15) is 5.69 Å². The van der Waals surface area contributed by atoms with Gasteiger partial charge in [0.05, 0.1) is 7.11 Å². The van der Waals surface area contributed by atoms with E-state index in [4.69, 9.17) is 10.5 Å². The molecule has 0 aliphatic carbocycles. The molecule has 6 heteroatoms. The van der Waals surface area contributed by atoms with Crippen LogP contribution in [0.4, 0.5) is 0 Å². The van der Waals surface area contributed by atoms with Crippen molar-refractivity contribution < 1.29 is 9.53 Å². The topological polar surface area (TPSA) is 82.5 Å². The number of nitrogens with two attached hydrogens (primary N) is 1. The lowest BCUT2D eigenvalue weighted by atomic mass is 10.1. The highest BCUT2D eigenvalue weighted by Gasteiger charge is 2.19. The first-order valence-electron chi connectivity index (χ1n) is 5.99. The van der Waals surface area contributed by atoms with Crippen molar-refractivity contribution in [1.29, 1.82) is 0 Å². The number of primary amides is 1. The third-order valence-corrected chi connectivity index (χ3v) is 2.94. The Labute approximate surface area is 114 Å². The third kappa shape index (κ3) is 1.87. The van der Waals surface area contributed by atoms with Gasteiger partial charge in [-0.05, 0) is 6.07 Å². The highest BCUT2D eigenvalue weighted by molar-refractivity contribution is 5.98. The van der Waals surface area contributed by atoms with Gasteiger partial charge in [0.25, 0.3) is 5.91 Å². The van der Waals surface area contributed by atoms with E-state index < -0.39 is 5.91 Å². The number of ether oxygens (including phenoxy) is 1. The summed E-state index contributed by atoms with van der Waals surface area (Å²) in [6.45, 7) is 0. The van der Waals surface area contributed by atoms with E-state index in [1.165, 1.54) is 11.6 Å². The van der Waals surface area contributed by atoms with Gasteiger partial charge in [-0.2, -0.15) is 0 Å². The molecule has 0 radical (unpaired) electrons. The highest BCUT2D eigenvalue weighted by atomic mass is 16.5. The molecule has 2 N–H and O–H groups in total. The SMILES string of the molecule is COc1ccc2nc(-c3ccccc3)c(C(N)=O)n2n1. The minimum absolute atomic E-state index is 0.241. The molecule has 0 aliphatic heterocycles. The molecule has 0 saturated carbocycles. The predicted molar refractivity (Wildman–Crippen MR) is 73.5 cm³/mol. The van der Waals surface area contributed by atoms with Gasteiger partial charge in [0, 0.05) is 11.6 Å². The van der Waals surface area contributed by atoms with Gasteiger partial charge in [-0.25, -0.2) is 9.50 Å². The second-order valence-corrected chi connectivity index (χ2v) is 4.18. The molecule has 1 amide bonds. The Balaban J connectivity index is 2.32. The maximum Gasteiger partial charge on any atom is 0.269 e. The summed E-state index contributed by atoms with van der Waals surface area (Å²) in [4.78, 5) is 16.2. The zero-order chi connectivity index (χ0) is 14.1. The molecule has 0 fully saturated rings. The third-order valence-electron chi connectivity index (χ3n) is 2.94. The average Bonchev–Trinajstić information content (AvgIpc) is 2.86. The number of aromatic nitrogens is 3. The van der Waals surface area contributed by atoms with Crippen molar-refractivity contribution in [3.63, 3.8) is 0 Å². The molecule has 6 nitrogen and oxygen atoms in total. The van der Waals surface area contributed by atoms with Gasteiger partial charge in [-0.3, -0.25) is 4.79 Å². The Bertz CT molecular complexity index is 780. The van der Waals surface area contributed by atoms with Crippen LogP contribution in [0.5, 0.6) is 5.88 Å². The molecule has 3 aromatic rings. The van der Waals surface area contributed by atoms with Crippen molar-refractivity contribution in [3.8, 4) is 17.1 Å². The molecule has 0 aliphatic rings. The summed E-state index contributed by atoms with van der Waals surface area (Å²) in [7, 11) is 1.51. The number of nitrogens with zero attached hydrogens (tertiary/aromatic N) is 3. The standard InChI is InChI=1S/C14H12N4O2/c1-20-11-8-7-10-16-12(9-5-3-2-4-6-9)13(14(15)19)18(10)17-11/h2-8H,1H3,(H2,15,19). The van der Waals surface area contributed by atoms with E-state index in [0.717, 1.165) is 5.56 Å². The van der Waals surface area contributed by atoms with Gasteiger partial charge in [0.15, 0.2) is 11.3 Å². The van der Waals surface area contributed by atoms with Crippen LogP contribution in [-0.2, 0) is 0 Å². The first kappa shape index (κ1) is 12.2. The molecular weight excluding hydrogens is 256 g/mol. The first-order valence-corrected chi connectivity index (χ1v) is 5.99. The Morgan fingerprint density at radius 1 is 1.20 bits per heavy atom. The lowest BCUT2D eigenvalue weighted by Crippen LogP contribution is -2.16. The second kappa shape index (κ2) is 4.65. The van der Waals surface area contributed by atoms with Crippen molar-refractivity contribution in [2.24, 2.45) is 5.73 Å². The molecule has 0 atom stereocenters. The van der Waals surface area contributed by atoms with E-state index in [1.807, 2.05) is 30.3 Å². The lowest BCUT2D eigenvalue weighted by Gasteiger charge is -2.01. The summed E-state index contributed by atoms with van der Waals surface area (Å²) in [5.41, 5.74) is 7.58. The molecule has 100 valence electrons. The Kier molecular flexibility index (Phi) is 2.83. The van der Waals surface area contributed by atoms with Crippen LogP contribution in [0, 0.1) is 0 Å². The van der Waals surface area contributed by atoms with Crippen molar-refractivity contribution in [3.05, 3.63) is 48.2 Å². The second-order valence-electron chi connectivity index (χ2n) is 4.18. The lowest BCUT2D eigenvalue weighted by molar-refractivity contribution is 0.0994. The fraction of sp³-hybridized carbons (Fsp3) is 0.0714. The van der Waals surface area contributed by atoms with Gasteiger partial charge in [-0.1, -0.05) is 30.3 Å². The van der Waals surface area contributed by atoms with Crippen LogP contribution in [0.3, 0.4) is 0 Å². The summed E-state index contributed by atoms with van der Waals surface area (Å²) in [5.74, 6) is -0.200. The molecule has 20 heavy (non-hydrogen) atoms. The summed E-state index contributed by atoms with van der Waals surface area (Å²) >= 11 is 0. The van der Waals surface area contributed by atoms with Crippen molar-refractivity contribution in [2.75, 3.05) is 7.11 Å². The van der Waals surface area contributed by atoms with Gasteiger partial charge < -0.3 is 10.5 Å². The zero-order valence-corrected chi connectivity index (χ0v) is 10.8. The smallest absolute Gasteiger partial charge is 0.269 e. The fourth-order valence-corrected chi connectivity index (χ4v) is 2.04. The number of carbonyl (C=O) groups is 1. The molecule has 3 rings (SSSR count). The van der Waals surface area contributed by atoms with E-state index in [1.54, 1.807) is 12.1 Å². The van der Waals surface area contributed by atoms with Crippen LogP contribution < -0.4 is 10.5 Å². The Hall–Kier alpha value is -2.89. The minimum Gasteiger partial charge on any atom is -0.480 e. The quantitative estimate of drug-likeness (QED) is 0.780. The molecule has 0 spiro atoms. The molecule has 0 unspecified atom stereocenters. The number of carbonyl (C=O) groups excluding carboxylic acids is 1. The van der Waals surface area contributed by atoms with Crippen molar-refractivity contribution >= 4 is 11.6 Å². The fourth-order valence-electron chi connectivity index (χ4n) is 2.04. The highest BCUT2D eigenvalue weighted by Crippen LogP contribution is 2.24.